The number of halogens is 1. The number of benzene rings is 1. The number of ether oxygens (including phenoxy) is 1. The molecule has 1 aliphatic heterocycles. The molecule has 4 N–H and O–H groups in total. The second-order valence-electron chi connectivity index (χ2n) is 7.96. The quantitative estimate of drug-likeness (QED) is 0.361. The summed E-state index contributed by atoms with van der Waals surface area (Å²) >= 11 is 0. The summed E-state index contributed by atoms with van der Waals surface area (Å²) in [6, 6.07) is 6.89. The fraction of sp³-hybridized carbons (Fsp3) is 0.160. The summed E-state index contributed by atoms with van der Waals surface area (Å²) in [5.74, 6) is -0.194. The number of likely N-dealkylation sites (N-methyl/N-ethyl adjacent to an activating group) is 1. The van der Waals surface area contributed by atoms with Crippen LogP contribution in [0.15, 0.2) is 66.4 Å². The first-order valence-electron chi connectivity index (χ1n) is 11.1. The van der Waals surface area contributed by atoms with Crippen molar-refractivity contribution in [1.82, 2.24) is 25.2 Å². The topological polar surface area (TPSA) is 142 Å². The van der Waals surface area contributed by atoms with Crippen molar-refractivity contribution in [3.63, 3.8) is 0 Å². The normalized spacial score (nSPS) is 12.8. The number of aromatic nitrogens is 3. The molecule has 12 heteroatoms. The van der Waals surface area contributed by atoms with Crippen LogP contribution in [0.25, 0.3) is 11.4 Å². The second kappa shape index (κ2) is 10.7. The maximum atomic E-state index is 13.3. The summed E-state index contributed by atoms with van der Waals surface area (Å²) < 4.78 is 19.0. The molecule has 2 aromatic heterocycles. The number of allylic oxidation sites excluding steroid dienone is 2. The third kappa shape index (κ3) is 5.48. The smallest absolute Gasteiger partial charge is 0.333 e. The van der Waals surface area contributed by atoms with E-state index >= 15 is 0 Å². The van der Waals surface area contributed by atoms with Crippen LogP contribution in [0.3, 0.4) is 0 Å². The number of aliphatic carboxylic acids is 1. The zero-order chi connectivity index (χ0) is 26.5. The number of carboxylic acid groups (broad SMARTS) is 1. The minimum absolute atomic E-state index is 0.213. The van der Waals surface area contributed by atoms with E-state index in [4.69, 9.17) is 4.74 Å². The minimum Gasteiger partial charge on any atom is -0.494 e. The van der Waals surface area contributed by atoms with Crippen LogP contribution in [0.4, 0.5) is 21.6 Å². The Morgan fingerprint density at radius 1 is 1.08 bits per heavy atom. The van der Waals surface area contributed by atoms with Crippen molar-refractivity contribution in [3.05, 3.63) is 77.8 Å². The molecule has 0 fully saturated rings. The fourth-order valence-corrected chi connectivity index (χ4v) is 3.68. The lowest BCUT2D eigenvalue weighted by Gasteiger charge is -2.26. The van der Waals surface area contributed by atoms with Crippen molar-refractivity contribution < 1.29 is 23.8 Å². The molecule has 37 heavy (non-hydrogen) atoms. The monoisotopic (exact) mass is 505 g/mol. The van der Waals surface area contributed by atoms with Crippen LogP contribution >= 0.6 is 0 Å². The Labute approximate surface area is 211 Å². The first kappa shape index (κ1) is 25.1. The lowest BCUT2D eigenvalue weighted by Crippen LogP contribution is -2.30. The third-order valence-electron chi connectivity index (χ3n) is 5.52. The number of rotatable bonds is 8. The molecule has 1 amide bonds. The van der Waals surface area contributed by atoms with E-state index in [2.05, 4.69) is 30.9 Å². The van der Waals surface area contributed by atoms with Gasteiger partial charge in [-0.25, -0.2) is 24.1 Å². The molecule has 3 heterocycles. The van der Waals surface area contributed by atoms with Gasteiger partial charge >= 0.3 is 5.97 Å². The molecule has 3 aromatic rings. The number of hydrogen-bond donors (Lipinski definition) is 4. The van der Waals surface area contributed by atoms with Gasteiger partial charge in [-0.15, -0.1) is 0 Å². The number of carboxylic acids is 1. The maximum Gasteiger partial charge on any atom is 0.333 e. The van der Waals surface area contributed by atoms with Crippen molar-refractivity contribution in [2.75, 3.05) is 38.4 Å². The van der Waals surface area contributed by atoms with Crippen LogP contribution in [-0.4, -0.2) is 64.6 Å². The van der Waals surface area contributed by atoms with Crippen molar-refractivity contribution in [1.29, 1.82) is 0 Å². The third-order valence-corrected chi connectivity index (χ3v) is 5.52. The largest absolute Gasteiger partial charge is 0.494 e. The van der Waals surface area contributed by atoms with Crippen LogP contribution in [-0.2, 0) is 4.79 Å². The first-order valence-corrected chi connectivity index (χ1v) is 11.1. The molecule has 4 rings (SSSR count). The van der Waals surface area contributed by atoms with Crippen molar-refractivity contribution in [3.8, 4) is 17.1 Å². The van der Waals surface area contributed by atoms with Crippen LogP contribution < -0.4 is 20.7 Å². The van der Waals surface area contributed by atoms with Crippen molar-refractivity contribution in [2.24, 2.45) is 0 Å². The van der Waals surface area contributed by atoms with Crippen LogP contribution in [0.5, 0.6) is 5.75 Å². The molecule has 190 valence electrons. The number of anilines is 3. The summed E-state index contributed by atoms with van der Waals surface area (Å²) in [5, 5.41) is 18.2. The summed E-state index contributed by atoms with van der Waals surface area (Å²) in [6.07, 6.45) is 6.72. The molecule has 0 saturated heterocycles. The van der Waals surface area contributed by atoms with E-state index in [0.29, 0.717) is 34.3 Å². The Morgan fingerprint density at radius 2 is 1.84 bits per heavy atom. The number of nitrogens with one attached hydrogen (secondary N) is 3. The summed E-state index contributed by atoms with van der Waals surface area (Å²) in [7, 11) is 4.75. The van der Waals surface area contributed by atoms with E-state index in [9.17, 15) is 19.1 Å². The van der Waals surface area contributed by atoms with Gasteiger partial charge in [0.1, 0.15) is 11.6 Å². The highest BCUT2D eigenvalue weighted by atomic mass is 19.1. The molecule has 0 saturated carbocycles. The zero-order valence-electron chi connectivity index (χ0n) is 20.2. The van der Waals surface area contributed by atoms with Crippen molar-refractivity contribution in [2.45, 2.75) is 0 Å². The van der Waals surface area contributed by atoms with Gasteiger partial charge in [0.05, 0.1) is 54.1 Å². The standard InChI is InChI=1S/C25H24FN7O4/c1-27-24(34)17-12-28-20(32-21-8-7-14(25(35)36)13-33(21)2)9-19(17)31-18-6-4-5-16(22(18)37-3)23-29-10-15(26)11-30-23/h4-12H,13H2,1-3H3,(H,27,34)(H,35,36)(H2,28,31,32). The molecule has 11 nitrogen and oxygen atoms in total. The van der Waals surface area contributed by atoms with Crippen LogP contribution in [0, 0.1) is 5.82 Å². The first-order chi connectivity index (χ1) is 17.8. The predicted molar refractivity (Wildman–Crippen MR) is 135 cm³/mol. The van der Waals surface area contributed by atoms with E-state index in [1.165, 1.54) is 26.4 Å². The van der Waals surface area contributed by atoms with E-state index in [1.807, 2.05) is 0 Å². The average Bonchev–Trinajstić information content (AvgIpc) is 2.90. The molecule has 0 bridgehead atoms. The maximum absolute atomic E-state index is 13.3. The summed E-state index contributed by atoms with van der Waals surface area (Å²) in [4.78, 5) is 38.0. The van der Waals surface area contributed by atoms with E-state index < -0.39 is 11.8 Å². The number of nitrogens with zero attached hydrogens (tertiary/aromatic N) is 4. The van der Waals surface area contributed by atoms with Gasteiger partial charge in [0.15, 0.2) is 17.4 Å². The van der Waals surface area contributed by atoms with Gasteiger partial charge in [0, 0.05) is 26.4 Å². The Bertz CT molecular complexity index is 1410. The Balaban J connectivity index is 1.70. The molecular weight excluding hydrogens is 481 g/mol. The molecule has 1 aliphatic rings. The average molecular weight is 506 g/mol. The minimum atomic E-state index is -0.982. The van der Waals surface area contributed by atoms with Crippen LogP contribution in [0.1, 0.15) is 10.4 Å². The number of carbonyl (C=O) groups is 2. The van der Waals surface area contributed by atoms with E-state index in [1.54, 1.807) is 42.3 Å². The fourth-order valence-electron chi connectivity index (χ4n) is 3.68. The number of methoxy groups -OCH3 is 1. The second-order valence-corrected chi connectivity index (χ2v) is 7.96. The van der Waals surface area contributed by atoms with Gasteiger partial charge in [-0.05, 0) is 24.3 Å². The Morgan fingerprint density at radius 3 is 2.49 bits per heavy atom. The number of pyridine rings is 1. The van der Waals surface area contributed by atoms with E-state index in [0.717, 1.165) is 12.4 Å². The summed E-state index contributed by atoms with van der Waals surface area (Å²) in [6.45, 7) is 0.213. The lowest BCUT2D eigenvalue weighted by atomic mass is 10.1. The highest BCUT2D eigenvalue weighted by Gasteiger charge is 2.20. The van der Waals surface area contributed by atoms with E-state index in [-0.39, 0.29) is 29.4 Å². The van der Waals surface area contributed by atoms with Gasteiger partial charge < -0.3 is 30.7 Å². The molecule has 0 spiro atoms. The lowest BCUT2D eigenvalue weighted by molar-refractivity contribution is -0.132. The van der Waals surface area contributed by atoms with Gasteiger partial charge in [0.25, 0.3) is 5.91 Å². The Kier molecular flexibility index (Phi) is 7.28. The number of carbonyl (C=O) groups excluding carboxylic acids is 1. The molecule has 0 radical (unpaired) electrons. The molecule has 0 unspecified atom stereocenters. The van der Waals surface area contributed by atoms with Gasteiger partial charge in [-0.1, -0.05) is 6.07 Å². The molecule has 1 aromatic carbocycles. The highest BCUT2D eigenvalue weighted by Crippen LogP contribution is 2.37. The molecule has 0 atom stereocenters. The number of hydrogen-bond acceptors (Lipinski definition) is 9. The summed E-state index contributed by atoms with van der Waals surface area (Å²) in [5.41, 5.74) is 2.00. The number of amides is 1. The molecular formula is C25H24FN7O4. The van der Waals surface area contributed by atoms with Crippen molar-refractivity contribution >= 4 is 29.1 Å². The number of para-hydroxylation sites is 1. The zero-order valence-corrected chi connectivity index (χ0v) is 20.2. The van der Waals surface area contributed by atoms with Crippen LogP contribution in [0.2, 0.25) is 0 Å². The SMILES string of the molecule is CNC(=O)c1cnc(NC2=CC=C(C(=O)O)CN2C)cc1Nc1cccc(-c2ncc(F)cn2)c1OC. The highest BCUT2D eigenvalue weighted by molar-refractivity contribution is 6.00. The van der Waals surface area contributed by atoms with Gasteiger partial charge in [0.2, 0.25) is 0 Å². The van der Waals surface area contributed by atoms with Gasteiger partial charge in [-0.3, -0.25) is 4.79 Å². The predicted octanol–water partition coefficient (Wildman–Crippen LogP) is 3.00. The molecule has 0 aliphatic carbocycles. The Hall–Kier alpha value is -5.00. The van der Waals surface area contributed by atoms with Gasteiger partial charge in [-0.2, -0.15) is 0 Å².